The van der Waals surface area contributed by atoms with Crippen LogP contribution >= 0.6 is 0 Å². The van der Waals surface area contributed by atoms with E-state index in [1.165, 1.54) is 0 Å². The Morgan fingerprint density at radius 3 is 2.62 bits per heavy atom. The predicted octanol–water partition coefficient (Wildman–Crippen LogP) is 1.72. The van der Waals surface area contributed by atoms with Gasteiger partial charge in [0.25, 0.3) is 0 Å². The highest BCUT2D eigenvalue weighted by atomic mass is 16.3. The Hall–Kier alpha value is -1.43. The molecule has 0 radical (unpaired) electrons. The van der Waals surface area contributed by atoms with Gasteiger partial charge in [-0.15, -0.1) is 5.10 Å². The maximum Gasteiger partial charge on any atom is 0.228 e. The van der Waals surface area contributed by atoms with E-state index < -0.39 is 11.0 Å². The number of hydrogen-bond donors (Lipinski definition) is 1. The van der Waals surface area contributed by atoms with E-state index in [1.54, 1.807) is 15.8 Å². The van der Waals surface area contributed by atoms with Gasteiger partial charge < -0.3 is 10.0 Å². The second-order valence-electron chi connectivity index (χ2n) is 7.29. The second kappa shape index (κ2) is 5.40. The highest BCUT2D eigenvalue weighted by Crippen LogP contribution is 2.32. The van der Waals surface area contributed by atoms with Crippen molar-refractivity contribution in [2.75, 3.05) is 13.1 Å². The summed E-state index contributed by atoms with van der Waals surface area (Å²) in [5.41, 5.74) is -0.970. The van der Waals surface area contributed by atoms with Gasteiger partial charge in [0.15, 0.2) is 0 Å². The van der Waals surface area contributed by atoms with Crippen LogP contribution in [0.1, 0.15) is 59.2 Å². The third-order valence-corrected chi connectivity index (χ3v) is 3.92. The van der Waals surface area contributed by atoms with Crippen molar-refractivity contribution in [1.29, 1.82) is 0 Å². The van der Waals surface area contributed by atoms with Crippen LogP contribution in [0.3, 0.4) is 0 Å². The molecule has 0 aromatic carbocycles. The molecular formula is C15H26N4O2. The molecule has 0 aliphatic carbocycles. The molecule has 1 aliphatic heterocycles. The molecule has 21 heavy (non-hydrogen) atoms. The van der Waals surface area contributed by atoms with Crippen molar-refractivity contribution >= 4 is 5.91 Å². The van der Waals surface area contributed by atoms with Gasteiger partial charge in [-0.25, -0.2) is 4.68 Å². The van der Waals surface area contributed by atoms with Crippen LogP contribution < -0.4 is 0 Å². The number of hydrogen-bond acceptors (Lipinski definition) is 4. The van der Waals surface area contributed by atoms with Gasteiger partial charge in [0.1, 0.15) is 11.3 Å². The Kier molecular flexibility index (Phi) is 4.10. The fourth-order valence-corrected chi connectivity index (χ4v) is 2.64. The van der Waals surface area contributed by atoms with Gasteiger partial charge in [0.05, 0.1) is 12.7 Å². The fourth-order valence-electron chi connectivity index (χ4n) is 2.64. The lowest BCUT2D eigenvalue weighted by Gasteiger charge is -2.40. The summed E-state index contributed by atoms with van der Waals surface area (Å²) in [4.78, 5) is 14.2. The van der Waals surface area contributed by atoms with Gasteiger partial charge in [-0.05, 0) is 26.7 Å². The van der Waals surface area contributed by atoms with Gasteiger partial charge in [0, 0.05) is 18.0 Å². The average molecular weight is 294 g/mol. The molecule has 1 aromatic rings. The number of carbonyl (C=O) groups excluding carboxylic acids is 1. The Morgan fingerprint density at radius 1 is 1.43 bits per heavy atom. The highest BCUT2D eigenvalue weighted by Gasteiger charge is 2.41. The van der Waals surface area contributed by atoms with E-state index in [9.17, 15) is 9.90 Å². The maximum absolute atomic E-state index is 12.4. The molecule has 2 heterocycles. The van der Waals surface area contributed by atoms with Crippen LogP contribution in [0.4, 0.5) is 0 Å². The first-order valence-electron chi connectivity index (χ1n) is 7.57. The van der Waals surface area contributed by atoms with Crippen LogP contribution in [-0.4, -0.2) is 44.0 Å². The summed E-state index contributed by atoms with van der Waals surface area (Å²) < 4.78 is 1.73. The average Bonchev–Trinajstić information content (AvgIpc) is 2.87. The zero-order chi connectivity index (χ0) is 15.8. The number of aliphatic hydroxyl groups is 1. The summed E-state index contributed by atoms with van der Waals surface area (Å²) in [7, 11) is 0. The van der Waals surface area contributed by atoms with Crippen LogP contribution in [0.15, 0.2) is 6.20 Å². The molecule has 0 bridgehead atoms. The standard InChI is InChI=1S/C15H26N4O2/c1-11(2)19-9-12(16-17-19)15(21)7-6-8-18(10-15)13(20)14(3,4)5/h9,11,21H,6-8,10H2,1-5H3. The minimum Gasteiger partial charge on any atom is -0.382 e. The molecule has 1 saturated heterocycles. The first-order chi connectivity index (χ1) is 9.63. The van der Waals surface area contributed by atoms with Crippen LogP contribution in [-0.2, 0) is 10.4 Å². The quantitative estimate of drug-likeness (QED) is 0.901. The van der Waals surface area contributed by atoms with Crippen LogP contribution in [0.25, 0.3) is 0 Å². The largest absolute Gasteiger partial charge is 0.382 e. The fraction of sp³-hybridized carbons (Fsp3) is 0.800. The summed E-state index contributed by atoms with van der Waals surface area (Å²) in [5.74, 6) is 0.0666. The lowest BCUT2D eigenvalue weighted by Crippen LogP contribution is -2.51. The molecular weight excluding hydrogens is 268 g/mol. The summed E-state index contributed by atoms with van der Waals surface area (Å²) >= 11 is 0. The second-order valence-corrected chi connectivity index (χ2v) is 7.29. The Labute approximate surface area is 126 Å². The van der Waals surface area contributed by atoms with E-state index in [4.69, 9.17) is 0 Å². The van der Waals surface area contributed by atoms with Gasteiger partial charge in [0.2, 0.25) is 5.91 Å². The van der Waals surface area contributed by atoms with Crippen molar-refractivity contribution in [3.05, 3.63) is 11.9 Å². The Balaban J connectivity index is 2.20. The molecule has 1 fully saturated rings. The highest BCUT2D eigenvalue weighted by molar-refractivity contribution is 5.81. The molecule has 0 spiro atoms. The smallest absolute Gasteiger partial charge is 0.228 e. The van der Waals surface area contributed by atoms with Crippen LogP contribution in [0.5, 0.6) is 0 Å². The van der Waals surface area contributed by atoms with Gasteiger partial charge in [-0.1, -0.05) is 26.0 Å². The Morgan fingerprint density at radius 2 is 2.10 bits per heavy atom. The van der Waals surface area contributed by atoms with E-state index in [-0.39, 0.29) is 11.9 Å². The third-order valence-electron chi connectivity index (χ3n) is 3.92. The first-order valence-corrected chi connectivity index (χ1v) is 7.57. The molecule has 6 heteroatoms. The number of carbonyl (C=O) groups is 1. The number of piperidine rings is 1. The van der Waals surface area contributed by atoms with Gasteiger partial charge >= 0.3 is 0 Å². The van der Waals surface area contributed by atoms with Crippen LogP contribution in [0, 0.1) is 5.41 Å². The molecule has 1 aromatic heterocycles. The number of likely N-dealkylation sites (tertiary alicyclic amines) is 1. The predicted molar refractivity (Wildman–Crippen MR) is 79.6 cm³/mol. The van der Waals surface area contributed by atoms with Crippen molar-refractivity contribution < 1.29 is 9.90 Å². The molecule has 6 nitrogen and oxygen atoms in total. The van der Waals surface area contributed by atoms with Crippen molar-refractivity contribution in [3.63, 3.8) is 0 Å². The van der Waals surface area contributed by atoms with E-state index in [0.717, 1.165) is 6.42 Å². The lowest BCUT2D eigenvalue weighted by atomic mass is 9.87. The lowest BCUT2D eigenvalue weighted by molar-refractivity contribution is -0.147. The number of β-amino-alcohol motifs (C(OH)–C–C–N with tert-alkyl or cyclic N) is 1. The van der Waals surface area contributed by atoms with Crippen molar-refractivity contribution in [1.82, 2.24) is 19.9 Å². The number of rotatable bonds is 2. The number of aromatic nitrogens is 3. The number of amides is 1. The molecule has 118 valence electrons. The number of nitrogens with zero attached hydrogens (tertiary/aromatic N) is 4. The summed E-state index contributed by atoms with van der Waals surface area (Å²) in [6.07, 6.45) is 3.17. The van der Waals surface area contributed by atoms with E-state index in [1.807, 2.05) is 34.6 Å². The van der Waals surface area contributed by atoms with Gasteiger partial charge in [-0.2, -0.15) is 0 Å². The summed E-state index contributed by atoms with van der Waals surface area (Å²) in [5, 5.41) is 19.1. The normalized spacial score (nSPS) is 23.7. The maximum atomic E-state index is 12.4. The minimum atomic E-state index is -1.09. The molecule has 0 saturated carbocycles. The molecule has 1 N–H and O–H groups in total. The van der Waals surface area contributed by atoms with Crippen molar-refractivity contribution in [2.45, 2.75) is 59.1 Å². The molecule has 1 atom stereocenters. The zero-order valence-electron chi connectivity index (χ0n) is 13.6. The van der Waals surface area contributed by atoms with Crippen LogP contribution in [0.2, 0.25) is 0 Å². The van der Waals surface area contributed by atoms with E-state index in [2.05, 4.69) is 10.3 Å². The molecule has 2 rings (SSSR count). The monoisotopic (exact) mass is 294 g/mol. The minimum absolute atomic E-state index is 0.0666. The topological polar surface area (TPSA) is 71.2 Å². The molecule has 1 aliphatic rings. The van der Waals surface area contributed by atoms with Crippen molar-refractivity contribution in [3.8, 4) is 0 Å². The van der Waals surface area contributed by atoms with E-state index >= 15 is 0 Å². The Bertz CT molecular complexity index is 518. The zero-order valence-corrected chi connectivity index (χ0v) is 13.6. The third kappa shape index (κ3) is 3.26. The molecule has 1 unspecified atom stereocenters. The SMILES string of the molecule is CC(C)n1cc(C2(O)CCCN(C(=O)C(C)(C)C)C2)nn1. The summed E-state index contributed by atoms with van der Waals surface area (Å²) in [6.45, 7) is 10.7. The first kappa shape index (κ1) is 15.9. The van der Waals surface area contributed by atoms with Gasteiger partial charge in [-0.3, -0.25) is 4.79 Å². The van der Waals surface area contributed by atoms with E-state index in [0.29, 0.717) is 25.2 Å². The van der Waals surface area contributed by atoms with Crippen molar-refractivity contribution in [2.24, 2.45) is 5.41 Å². The molecule has 1 amide bonds. The summed E-state index contributed by atoms with van der Waals surface area (Å²) in [6, 6.07) is 0.200.